The van der Waals surface area contributed by atoms with Crippen LogP contribution in [0.25, 0.3) is 0 Å². The molecule has 1 aromatic rings. The number of rotatable bonds is 2. The molecule has 0 saturated carbocycles. The van der Waals surface area contributed by atoms with Crippen LogP contribution < -0.4 is 5.01 Å². The summed E-state index contributed by atoms with van der Waals surface area (Å²) in [5, 5.41) is 2.79. The van der Waals surface area contributed by atoms with Crippen LogP contribution >= 0.6 is 11.6 Å². The van der Waals surface area contributed by atoms with Gasteiger partial charge in [-0.25, -0.2) is 0 Å². The summed E-state index contributed by atoms with van der Waals surface area (Å²) < 4.78 is 0. The van der Waals surface area contributed by atoms with E-state index in [0.29, 0.717) is 13.0 Å². The van der Waals surface area contributed by atoms with E-state index in [1.165, 1.54) is 0 Å². The van der Waals surface area contributed by atoms with Crippen LogP contribution in [0.2, 0.25) is 0 Å². The molecule has 1 fully saturated rings. The molecular formula is C11H11ClN2O2. The van der Waals surface area contributed by atoms with Gasteiger partial charge in [-0.2, -0.15) is 5.01 Å². The average Bonchev–Trinajstić information content (AvgIpc) is 2.71. The molecule has 0 atom stereocenters. The van der Waals surface area contributed by atoms with Gasteiger partial charge < -0.3 is 0 Å². The van der Waals surface area contributed by atoms with Crippen molar-refractivity contribution in [1.29, 1.82) is 0 Å². The second kappa shape index (κ2) is 4.53. The molecule has 0 N–H and O–H groups in total. The molecule has 0 spiro atoms. The first kappa shape index (κ1) is 11.0. The molecule has 1 aromatic carbocycles. The summed E-state index contributed by atoms with van der Waals surface area (Å²) >= 11 is 5.48. The third-order valence-corrected chi connectivity index (χ3v) is 2.65. The predicted molar refractivity (Wildman–Crippen MR) is 61.0 cm³/mol. The summed E-state index contributed by atoms with van der Waals surface area (Å²) in [5.41, 5.74) is 0.826. The number of carbonyl (C=O) groups excluding carboxylic acids is 2. The summed E-state index contributed by atoms with van der Waals surface area (Å²) in [7, 11) is 0. The first-order chi connectivity index (χ1) is 7.74. The van der Waals surface area contributed by atoms with Gasteiger partial charge in [-0.1, -0.05) is 18.2 Å². The minimum Gasteiger partial charge on any atom is -0.275 e. The Morgan fingerprint density at radius 3 is 2.62 bits per heavy atom. The van der Waals surface area contributed by atoms with Crippen molar-refractivity contribution >= 4 is 29.1 Å². The summed E-state index contributed by atoms with van der Waals surface area (Å²) in [6.07, 6.45) is 0.345. The summed E-state index contributed by atoms with van der Waals surface area (Å²) in [6.45, 7) is 0.519. The molecule has 1 heterocycles. The first-order valence-electron chi connectivity index (χ1n) is 4.98. The number of carbonyl (C=O) groups is 2. The van der Waals surface area contributed by atoms with E-state index >= 15 is 0 Å². The number of nitrogens with zero attached hydrogens (tertiary/aromatic N) is 2. The normalized spacial score (nSPS) is 15.7. The standard InChI is InChI=1S/C11H11ClN2O2/c12-8-11(16)14-10(15)6-7-13(14)9-4-2-1-3-5-9/h1-5H,6-8H2. The smallest absolute Gasteiger partial charge is 0.263 e. The number of hydrogen-bond donors (Lipinski definition) is 0. The van der Waals surface area contributed by atoms with Crippen LogP contribution in [0.5, 0.6) is 0 Å². The Morgan fingerprint density at radius 1 is 1.31 bits per heavy atom. The van der Waals surface area contributed by atoms with Gasteiger partial charge in [0.15, 0.2) is 0 Å². The number of alkyl halides is 1. The van der Waals surface area contributed by atoms with E-state index in [4.69, 9.17) is 11.6 Å². The maximum Gasteiger partial charge on any atom is 0.263 e. The number of hydrogen-bond acceptors (Lipinski definition) is 3. The van der Waals surface area contributed by atoms with Gasteiger partial charge in [0.2, 0.25) is 5.91 Å². The highest BCUT2D eigenvalue weighted by Gasteiger charge is 2.33. The molecule has 0 radical (unpaired) electrons. The van der Waals surface area contributed by atoms with E-state index in [1.807, 2.05) is 30.3 Å². The van der Waals surface area contributed by atoms with E-state index in [1.54, 1.807) is 5.01 Å². The highest BCUT2D eigenvalue weighted by atomic mass is 35.5. The summed E-state index contributed by atoms with van der Waals surface area (Å²) in [6, 6.07) is 9.32. The van der Waals surface area contributed by atoms with Crippen molar-refractivity contribution in [2.45, 2.75) is 6.42 Å². The van der Waals surface area contributed by atoms with Crippen LogP contribution in [0, 0.1) is 0 Å². The zero-order chi connectivity index (χ0) is 11.5. The molecule has 0 aromatic heterocycles. The fourth-order valence-electron chi connectivity index (χ4n) is 1.72. The van der Waals surface area contributed by atoms with Gasteiger partial charge in [0.05, 0.1) is 5.69 Å². The molecular weight excluding hydrogens is 228 g/mol. The summed E-state index contributed by atoms with van der Waals surface area (Å²) in [5.74, 6) is -0.766. The van der Waals surface area contributed by atoms with E-state index in [0.717, 1.165) is 10.7 Å². The largest absolute Gasteiger partial charge is 0.275 e. The Bertz CT molecular complexity index is 408. The van der Waals surface area contributed by atoms with Crippen molar-refractivity contribution in [1.82, 2.24) is 5.01 Å². The van der Waals surface area contributed by atoms with Gasteiger partial charge in [0.25, 0.3) is 5.91 Å². The van der Waals surface area contributed by atoms with Crippen molar-refractivity contribution in [3.05, 3.63) is 30.3 Å². The highest BCUT2D eigenvalue weighted by molar-refractivity contribution is 6.28. The third kappa shape index (κ3) is 1.88. The lowest BCUT2D eigenvalue weighted by atomic mass is 10.3. The molecule has 5 heteroatoms. The minimum absolute atomic E-state index is 0.185. The predicted octanol–water partition coefficient (Wildman–Crippen LogP) is 1.41. The van der Waals surface area contributed by atoms with Crippen LogP contribution in [-0.4, -0.2) is 29.2 Å². The van der Waals surface area contributed by atoms with Gasteiger partial charge in [-0.05, 0) is 12.1 Å². The van der Waals surface area contributed by atoms with Crippen LogP contribution in [-0.2, 0) is 9.59 Å². The zero-order valence-corrected chi connectivity index (χ0v) is 9.35. The monoisotopic (exact) mass is 238 g/mol. The quantitative estimate of drug-likeness (QED) is 0.732. The van der Waals surface area contributed by atoms with Crippen molar-refractivity contribution < 1.29 is 9.59 Å². The van der Waals surface area contributed by atoms with Crippen LogP contribution in [0.15, 0.2) is 30.3 Å². The second-order valence-corrected chi connectivity index (χ2v) is 3.71. The lowest BCUT2D eigenvalue weighted by Crippen LogP contribution is -2.44. The SMILES string of the molecule is O=C(CCl)N1C(=O)CCN1c1ccccc1. The fourth-order valence-corrected chi connectivity index (χ4v) is 1.83. The molecule has 0 bridgehead atoms. The number of amides is 2. The van der Waals surface area contributed by atoms with E-state index in [9.17, 15) is 9.59 Å². The molecule has 1 aliphatic rings. The Morgan fingerprint density at radius 2 is 2.00 bits per heavy atom. The molecule has 0 aliphatic carbocycles. The van der Waals surface area contributed by atoms with Gasteiger partial charge in [-0.3, -0.25) is 14.6 Å². The average molecular weight is 239 g/mol. The van der Waals surface area contributed by atoms with Crippen molar-refractivity contribution in [3.63, 3.8) is 0 Å². The third-order valence-electron chi connectivity index (χ3n) is 2.42. The van der Waals surface area contributed by atoms with Crippen molar-refractivity contribution in [2.75, 3.05) is 17.4 Å². The topological polar surface area (TPSA) is 40.6 Å². The van der Waals surface area contributed by atoms with E-state index in [-0.39, 0.29) is 17.7 Å². The first-order valence-corrected chi connectivity index (χ1v) is 5.51. The van der Waals surface area contributed by atoms with Crippen LogP contribution in [0.3, 0.4) is 0 Å². The Hall–Kier alpha value is -1.55. The number of hydrazine groups is 1. The number of halogens is 1. The molecule has 16 heavy (non-hydrogen) atoms. The van der Waals surface area contributed by atoms with E-state index in [2.05, 4.69) is 0 Å². The second-order valence-electron chi connectivity index (χ2n) is 3.44. The zero-order valence-electron chi connectivity index (χ0n) is 8.60. The molecule has 1 saturated heterocycles. The van der Waals surface area contributed by atoms with Gasteiger partial charge in [0, 0.05) is 13.0 Å². The Labute approximate surface area is 98.4 Å². The van der Waals surface area contributed by atoms with Gasteiger partial charge in [-0.15, -0.1) is 11.6 Å². The molecule has 1 aliphatic heterocycles. The van der Waals surface area contributed by atoms with Gasteiger partial charge in [0.1, 0.15) is 5.88 Å². The van der Waals surface area contributed by atoms with Crippen molar-refractivity contribution in [3.8, 4) is 0 Å². The maximum absolute atomic E-state index is 11.6. The molecule has 2 amide bonds. The number of imide groups is 1. The maximum atomic E-state index is 11.6. The fraction of sp³-hybridized carbons (Fsp3) is 0.273. The summed E-state index contributed by atoms with van der Waals surface area (Å²) in [4.78, 5) is 23.1. The number of para-hydroxylation sites is 1. The Balaban J connectivity index is 2.28. The molecule has 84 valence electrons. The molecule has 2 rings (SSSR count). The highest BCUT2D eigenvalue weighted by Crippen LogP contribution is 2.22. The molecule has 4 nitrogen and oxygen atoms in total. The van der Waals surface area contributed by atoms with E-state index < -0.39 is 0 Å². The van der Waals surface area contributed by atoms with Crippen molar-refractivity contribution in [2.24, 2.45) is 0 Å². The lowest BCUT2D eigenvalue weighted by Gasteiger charge is -2.27. The van der Waals surface area contributed by atoms with Gasteiger partial charge >= 0.3 is 0 Å². The van der Waals surface area contributed by atoms with Crippen LogP contribution in [0.1, 0.15) is 6.42 Å². The molecule has 0 unspecified atom stereocenters. The number of benzene rings is 1. The number of anilines is 1. The van der Waals surface area contributed by atoms with Crippen LogP contribution in [0.4, 0.5) is 5.69 Å². The lowest BCUT2D eigenvalue weighted by molar-refractivity contribution is -0.140. The minimum atomic E-state index is -0.381. The Kier molecular flexibility index (Phi) is 3.10.